The van der Waals surface area contributed by atoms with Gasteiger partial charge < -0.3 is 10.1 Å². The number of rotatable bonds is 8. The zero-order valence-electron chi connectivity index (χ0n) is 17.5. The van der Waals surface area contributed by atoms with E-state index < -0.39 is 0 Å². The molecule has 0 aliphatic rings. The lowest BCUT2D eigenvalue weighted by Crippen LogP contribution is -2.14. The zero-order valence-corrected chi connectivity index (χ0v) is 17.5. The first-order valence-corrected chi connectivity index (χ1v) is 10.4. The van der Waals surface area contributed by atoms with Crippen LogP contribution < -0.4 is 5.32 Å². The number of pyridine rings is 1. The standard InChI is InChI=1S/C25H26N4O/c1-3-30-15-9-14-27-24-20(16-19-10-5-4-6-11-19)18(2)21(17-26)25-28-22-12-7-8-13-23(22)29(24)25/h4-8,10-13,27H,3,9,14-16H2,1-2H3. The number of hydrogen-bond acceptors (Lipinski definition) is 4. The van der Waals surface area contributed by atoms with Crippen LogP contribution in [0, 0.1) is 18.3 Å². The van der Waals surface area contributed by atoms with Crippen molar-refractivity contribution in [2.24, 2.45) is 0 Å². The normalized spacial score (nSPS) is 11.1. The third-order valence-corrected chi connectivity index (χ3v) is 5.42. The summed E-state index contributed by atoms with van der Waals surface area (Å²) in [6.07, 6.45) is 1.66. The van der Waals surface area contributed by atoms with Crippen molar-refractivity contribution in [2.45, 2.75) is 26.7 Å². The van der Waals surface area contributed by atoms with E-state index in [0.717, 1.165) is 60.6 Å². The molecule has 0 bridgehead atoms. The summed E-state index contributed by atoms with van der Waals surface area (Å²) in [5, 5.41) is 13.6. The Kier molecular flexibility index (Phi) is 5.97. The highest BCUT2D eigenvalue weighted by atomic mass is 16.5. The summed E-state index contributed by atoms with van der Waals surface area (Å²) in [4.78, 5) is 4.79. The number of nitrogens with one attached hydrogen (secondary N) is 1. The Labute approximate surface area is 176 Å². The minimum atomic E-state index is 0.636. The van der Waals surface area contributed by atoms with Gasteiger partial charge in [-0.1, -0.05) is 42.5 Å². The molecule has 152 valence electrons. The van der Waals surface area contributed by atoms with Crippen LogP contribution in [-0.2, 0) is 11.2 Å². The number of fused-ring (bicyclic) bond motifs is 3. The average Bonchev–Trinajstić information content (AvgIpc) is 3.15. The first-order chi connectivity index (χ1) is 14.7. The molecule has 0 aliphatic heterocycles. The second-order valence-corrected chi connectivity index (χ2v) is 7.34. The molecular weight excluding hydrogens is 372 g/mol. The summed E-state index contributed by atoms with van der Waals surface area (Å²) in [5.41, 5.74) is 6.57. The highest BCUT2D eigenvalue weighted by Gasteiger charge is 2.20. The number of ether oxygens (including phenoxy) is 1. The Morgan fingerprint density at radius 1 is 1.10 bits per heavy atom. The molecule has 0 unspecified atom stereocenters. The summed E-state index contributed by atoms with van der Waals surface area (Å²) in [5.74, 6) is 1.01. The highest BCUT2D eigenvalue weighted by Crippen LogP contribution is 2.32. The minimum Gasteiger partial charge on any atom is -0.382 e. The lowest BCUT2D eigenvalue weighted by molar-refractivity contribution is 0.147. The van der Waals surface area contributed by atoms with E-state index in [2.05, 4.69) is 46.1 Å². The number of anilines is 1. The second-order valence-electron chi connectivity index (χ2n) is 7.34. The van der Waals surface area contributed by atoms with Gasteiger partial charge in [0.25, 0.3) is 0 Å². The van der Waals surface area contributed by atoms with E-state index in [4.69, 9.17) is 9.72 Å². The SMILES string of the molecule is CCOCCCNc1c(Cc2ccccc2)c(C)c(C#N)c2nc3ccccc3n12. The van der Waals surface area contributed by atoms with E-state index >= 15 is 0 Å². The molecule has 0 atom stereocenters. The van der Waals surface area contributed by atoms with Crippen LogP contribution in [-0.4, -0.2) is 29.1 Å². The molecule has 2 aromatic carbocycles. The largest absolute Gasteiger partial charge is 0.382 e. The van der Waals surface area contributed by atoms with Crippen LogP contribution >= 0.6 is 0 Å². The Morgan fingerprint density at radius 2 is 1.87 bits per heavy atom. The van der Waals surface area contributed by atoms with Gasteiger partial charge in [0.05, 0.1) is 16.6 Å². The molecule has 4 rings (SSSR count). The van der Waals surface area contributed by atoms with Crippen molar-refractivity contribution in [3.63, 3.8) is 0 Å². The number of imidazole rings is 1. The Morgan fingerprint density at radius 3 is 2.63 bits per heavy atom. The molecule has 0 radical (unpaired) electrons. The Bertz CT molecular complexity index is 1200. The quantitative estimate of drug-likeness (QED) is 0.420. The fourth-order valence-electron chi connectivity index (χ4n) is 3.91. The molecule has 0 saturated heterocycles. The smallest absolute Gasteiger partial charge is 0.157 e. The summed E-state index contributed by atoms with van der Waals surface area (Å²) < 4.78 is 7.61. The molecular formula is C25H26N4O. The fraction of sp³-hybridized carbons (Fsp3) is 0.280. The number of hydrogen-bond donors (Lipinski definition) is 1. The number of nitriles is 1. The van der Waals surface area contributed by atoms with Crippen molar-refractivity contribution in [3.05, 3.63) is 76.9 Å². The van der Waals surface area contributed by atoms with Crippen molar-refractivity contribution in [3.8, 4) is 6.07 Å². The summed E-state index contributed by atoms with van der Waals surface area (Å²) in [6.45, 7) is 6.28. The van der Waals surface area contributed by atoms with Gasteiger partial charge in [0, 0.05) is 31.7 Å². The summed E-state index contributed by atoms with van der Waals surface area (Å²) >= 11 is 0. The molecule has 2 heterocycles. The molecule has 4 aromatic rings. The van der Waals surface area contributed by atoms with Gasteiger partial charge in [0.2, 0.25) is 0 Å². The van der Waals surface area contributed by atoms with Gasteiger partial charge >= 0.3 is 0 Å². The molecule has 5 nitrogen and oxygen atoms in total. The zero-order chi connectivity index (χ0) is 20.9. The van der Waals surface area contributed by atoms with E-state index in [0.29, 0.717) is 11.2 Å². The maximum Gasteiger partial charge on any atom is 0.157 e. The lowest BCUT2D eigenvalue weighted by Gasteiger charge is -2.19. The lowest BCUT2D eigenvalue weighted by atomic mass is 9.97. The molecule has 2 aromatic heterocycles. The Hall–Kier alpha value is -3.36. The first kappa shape index (κ1) is 19.9. The van der Waals surface area contributed by atoms with Gasteiger partial charge in [-0.15, -0.1) is 0 Å². The fourth-order valence-corrected chi connectivity index (χ4v) is 3.91. The van der Waals surface area contributed by atoms with Crippen molar-refractivity contribution >= 4 is 22.5 Å². The van der Waals surface area contributed by atoms with Crippen LogP contribution in [0.2, 0.25) is 0 Å². The minimum absolute atomic E-state index is 0.636. The first-order valence-electron chi connectivity index (χ1n) is 10.4. The predicted octanol–water partition coefficient (Wildman–Crippen LogP) is 5.10. The number of nitrogens with zero attached hydrogens (tertiary/aromatic N) is 3. The number of benzene rings is 2. The van der Waals surface area contributed by atoms with E-state index in [1.807, 2.05) is 38.1 Å². The molecule has 0 amide bonds. The van der Waals surface area contributed by atoms with Gasteiger partial charge in [-0.3, -0.25) is 4.40 Å². The number of para-hydroxylation sites is 2. The second kappa shape index (κ2) is 8.98. The van der Waals surface area contributed by atoms with Crippen molar-refractivity contribution in [2.75, 3.05) is 25.1 Å². The van der Waals surface area contributed by atoms with E-state index in [1.54, 1.807) is 0 Å². The van der Waals surface area contributed by atoms with Crippen LogP contribution in [0.15, 0.2) is 54.6 Å². The Balaban J connectivity index is 1.90. The van der Waals surface area contributed by atoms with Gasteiger partial charge in [0.15, 0.2) is 5.65 Å². The molecule has 0 spiro atoms. The maximum absolute atomic E-state index is 9.96. The average molecular weight is 399 g/mol. The topological polar surface area (TPSA) is 62.3 Å². The van der Waals surface area contributed by atoms with Crippen LogP contribution in [0.1, 0.15) is 35.6 Å². The molecule has 1 N–H and O–H groups in total. The predicted molar refractivity (Wildman–Crippen MR) is 121 cm³/mol. The molecule has 0 aliphatic carbocycles. The summed E-state index contributed by atoms with van der Waals surface area (Å²) in [6, 6.07) is 20.8. The summed E-state index contributed by atoms with van der Waals surface area (Å²) in [7, 11) is 0. The third kappa shape index (κ3) is 3.74. The van der Waals surface area contributed by atoms with Crippen molar-refractivity contribution < 1.29 is 4.74 Å². The molecule has 30 heavy (non-hydrogen) atoms. The monoisotopic (exact) mass is 398 g/mol. The van der Waals surface area contributed by atoms with E-state index in [1.165, 1.54) is 5.56 Å². The van der Waals surface area contributed by atoms with Crippen LogP contribution in [0.5, 0.6) is 0 Å². The molecule has 0 fully saturated rings. The van der Waals surface area contributed by atoms with Crippen LogP contribution in [0.3, 0.4) is 0 Å². The molecule has 5 heteroatoms. The molecule has 0 saturated carbocycles. The maximum atomic E-state index is 9.96. The van der Waals surface area contributed by atoms with Crippen LogP contribution in [0.4, 0.5) is 5.82 Å². The van der Waals surface area contributed by atoms with E-state index in [9.17, 15) is 5.26 Å². The van der Waals surface area contributed by atoms with Crippen molar-refractivity contribution in [1.29, 1.82) is 5.26 Å². The third-order valence-electron chi connectivity index (χ3n) is 5.42. The van der Waals surface area contributed by atoms with Crippen molar-refractivity contribution in [1.82, 2.24) is 9.38 Å². The van der Waals surface area contributed by atoms with Gasteiger partial charge in [-0.2, -0.15) is 5.26 Å². The van der Waals surface area contributed by atoms with Gasteiger partial charge in [-0.05, 0) is 43.5 Å². The van der Waals surface area contributed by atoms with Crippen LogP contribution in [0.25, 0.3) is 16.7 Å². The van der Waals surface area contributed by atoms with E-state index in [-0.39, 0.29) is 0 Å². The van der Waals surface area contributed by atoms with Gasteiger partial charge in [-0.25, -0.2) is 4.98 Å². The number of aromatic nitrogens is 2. The highest BCUT2D eigenvalue weighted by molar-refractivity contribution is 5.86. The van der Waals surface area contributed by atoms with Gasteiger partial charge in [0.1, 0.15) is 11.9 Å².